The molecule has 0 aliphatic heterocycles. The Bertz CT molecular complexity index is 3610. The standard InChI is InChI=1S/C57H35N3O2/c1-3-12-36(13-4-1)37-22-24-38(25-23-37)39-26-28-41(29-27-39)56-58-55(40-14-5-2-6-15-40)59-57(60-56)44-17-11-16-43(32-44)49-33-45(35-53-54(49)48-19-8-10-21-51(48)62-53)42-30-31-47-46-18-7-9-20-50(46)61-52(47)34-42/h1-35H. The van der Waals surface area contributed by atoms with Gasteiger partial charge in [-0.15, -0.1) is 0 Å². The molecule has 0 unspecified atom stereocenters. The molecule has 3 aromatic heterocycles. The molecular weight excluding hydrogens is 759 g/mol. The van der Waals surface area contributed by atoms with E-state index in [1.165, 1.54) is 11.1 Å². The number of rotatable bonds is 7. The van der Waals surface area contributed by atoms with Crippen molar-refractivity contribution in [2.24, 2.45) is 0 Å². The number of nitrogens with zero attached hydrogens (tertiary/aromatic N) is 3. The van der Waals surface area contributed by atoms with Crippen LogP contribution in [0.2, 0.25) is 0 Å². The van der Waals surface area contributed by atoms with Crippen molar-refractivity contribution in [2.45, 2.75) is 0 Å². The smallest absolute Gasteiger partial charge is 0.164 e. The Hall–Kier alpha value is -8.41. The fourth-order valence-electron chi connectivity index (χ4n) is 8.63. The quantitative estimate of drug-likeness (QED) is 0.161. The van der Waals surface area contributed by atoms with Gasteiger partial charge in [0, 0.05) is 38.2 Å². The third-order valence-corrected chi connectivity index (χ3v) is 11.8. The maximum absolute atomic E-state index is 6.56. The monoisotopic (exact) mass is 793 g/mol. The number of hydrogen-bond acceptors (Lipinski definition) is 5. The molecule has 0 amide bonds. The normalized spacial score (nSPS) is 11.5. The van der Waals surface area contributed by atoms with Crippen molar-refractivity contribution >= 4 is 43.9 Å². The lowest BCUT2D eigenvalue weighted by Crippen LogP contribution is -2.00. The minimum Gasteiger partial charge on any atom is -0.456 e. The van der Waals surface area contributed by atoms with Crippen LogP contribution in [0.3, 0.4) is 0 Å². The molecule has 290 valence electrons. The van der Waals surface area contributed by atoms with Gasteiger partial charge in [0.25, 0.3) is 0 Å². The van der Waals surface area contributed by atoms with E-state index in [4.69, 9.17) is 23.8 Å². The second-order valence-electron chi connectivity index (χ2n) is 15.6. The first-order valence-corrected chi connectivity index (χ1v) is 20.7. The molecule has 0 fully saturated rings. The molecule has 0 atom stereocenters. The van der Waals surface area contributed by atoms with Crippen LogP contribution in [0.15, 0.2) is 221 Å². The average molecular weight is 794 g/mol. The van der Waals surface area contributed by atoms with Crippen LogP contribution in [0.5, 0.6) is 0 Å². The number of fused-ring (bicyclic) bond motifs is 6. The highest BCUT2D eigenvalue weighted by atomic mass is 16.3. The van der Waals surface area contributed by atoms with Gasteiger partial charge in [0.15, 0.2) is 17.5 Å². The second-order valence-corrected chi connectivity index (χ2v) is 15.6. The summed E-state index contributed by atoms with van der Waals surface area (Å²) < 4.78 is 12.9. The van der Waals surface area contributed by atoms with E-state index in [-0.39, 0.29) is 0 Å². The van der Waals surface area contributed by atoms with Gasteiger partial charge in [-0.25, -0.2) is 15.0 Å². The lowest BCUT2D eigenvalue weighted by atomic mass is 9.93. The summed E-state index contributed by atoms with van der Waals surface area (Å²) in [5.74, 6) is 1.82. The number of aromatic nitrogens is 3. The first-order valence-electron chi connectivity index (χ1n) is 20.7. The molecule has 0 bridgehead atoms. The highest BCUT2D eigenvalue weighted by Gasteiger charge is 2.19. The largest absolute Gasteiger partial charge is 0.456 e. The van der Waals surface area contributed by atoms with Gasteiger partial charge in [-0.3, -0.25) is 0 Å². The van der Waals surface area contributed by atoms with Crippen molar-refractivity contribution < 1.29 is 8.83 Å². The van der Waals surface area contributed by atoms with E-state index in [1.54, 1.807) is 0 Å². The summed E-state index contributed by atoms with van der Waals surface area (Å²) in [6.07, 6.45) is 0. The Kier molecular flexibility index (Phi) is 8.42. The topological polar surface area (TPSA) is 65.0 Å². The van der Waals surface area contributed by atoms with Crippen LogP contribution in [0.25, 0.3) is 123 Å². The van der Waals surface area contributed by atoms with E-state index >= 15 is 0 Å². The summed E-state index contributed by atoms with van der Waals surface area (Å²) in [5, 5.41) is 4.32. The SMILES string of the molecule is c1ccc(-c2ccc(-c3ccc(-c4nc(-c5ccccc5)nc(-c5cccc(-c6cc(-c7ccc8c(c7)oc7ccccc78)cc7oc8ccccc8c67)c5)n4)cc3)cc2)cc1. The number of furan rings is 2. The highest BCUT2D eigenvalue weighted by molar-refractivity contribution is 6.14. The van der Waals surface area contributed by atoms with E-state index in [1.807, 2.05) is 66.7 Å². The molecule has 5 heteroatoms. The molecule has 0 saturated carbocycles. The highest BCUT2D eigenvalue weighted by Crippen LogP contribution is 2.42. The zero-order valence-electron chi connectivity index (χ0n) is 33.4. The zero-order valence-corrected chi connectivity index (χ0v) is 33.4. The molecule has 0 N–H and O–H groups in total. The summed E-state index contributed by atoms with van der Waals surface area (Å²) in [7, 11) is 0. The molecular formula is C57H35N3O2. The molecule has 0 aliphatic carbocycles. The van der Waals surface area contributed by atoms with E-state index < -0.39 is 0 Å². The summed E-state index contributed by atoms with van der Waals surface area (Å²) in [5.41, 5.74) is 14.9. The third kappa shape index (κ3) is 6.32. The second kappa shape index (κ2) is 14.7. The van der Waals surface area contributed by atoms with E-state index in [2.05, 4.69) is 146 Å². The van der Waals surface area contributed by atoms with Crippen LogP contribution in [0.4, 0.5) is 0 Å². The predicted molar refractivity (Wildman–Crippen MR) is 252 cm³/mol. The molecule has 12 aromatic rings. The Morgan fingerprint density at radius 1 is 0.242 bits per heavy atom. The van der Waals surface area contributed by atoms with Crippen LogP contribution in [0, 0.1) is 0 Å². The van der Waals surface area contributed by atoms with Crippen molar-refractivity contribution in [3.8, 4) is 78.7 Å². The molecule has 12 rings (SSSR count). The third-order valence-electron chi connectivity index (χ3n) is 11.8. The Morgan fingerprint density at radius 3 is 1.35 bits per heavy atom. The van der Waals surface area contributed by atoms with E-state index in [9.17, 15) is 0 Å². The lowest BCUT2D eigenvalue weighted by Gasteiger charge is -2.12. The Morgan fingerprint density at radius 2 is 0.677 bits per heavy atom. The average Bonchev–Trinajstić information content (AvgIpc) is 3.92. The number of hydrogen-bond donors (Lipinski definition) is 0. The van der Waals surface area contributed by atoms with Gasteiger partial charge in [-0.05, 0) is 87.0 Å². The minimum atomic E-state index is 0.594. The van der Waals surface area contributed by atoms with Gasteiger partial charge in [0.05, 0.1) is 0 Å². The van der Waals surface area contributed by atoms with Gasteiger partial charge >= 0.3 is 0 Å². The summed E-state index contributed by atoms with van der Waals surface area (Å²) in [4.78, 5) is 15.3. The van der Waals surface area contributed by atoms with Crippen LogP contribution < -0.4 is 0 Å². The van der Waals surface area contributed by atoms with Crippen molar-refractivity contribution in [2.75, 3.05) is 0 Å². The fourth-order valence-corrected chi connectivity index (χ4v) is 8.63. The maximum atomic E-state index is 6.56. The van der Waals surface area contributed by atoms with Crippen LogP contribution in [0.1, 0.15) is 0 Å². The molecule has 9 aromatic carbocycles. The maximum Gasteiger partial charge on any atom is 0.164 e. The van der Waals surface area contributed by atoms with Gasteiger partial charge in [0.1, 0.15) is 22.3 Å². The fraction of sp³-hybridized carbons (Fsp3) is 0. The summed E-state index contributed by atoms with van der Waals surface area (Å²) >= 11 is 0. The van der Waals surface area contributed by atoms with Gasteiger partial charge in [0.2, 0.25) is 0 Å². The molecule has 62 heavy (non-hydrogen) atoms. The molecule has 3 heterocycles. The zero-order chi connectivity index (χ0) is 41.0. The van der Waals surface area contributed by atoms with Gasteiger partial charge in [-0.1, -0.05) is 170 Å². The Labute approximate surface area is 357 Å². The Balaban J connectivity index is 0.958. The minimum absolute atomic E-state index is 0.594. The van der Waals surface area contributed by atoms with Gasteiger partial charge in [-0.2, -0.15) is 0 Å². The predicted octanol–water partition coefficient (Wildman–Crippen LogP) is 15.3. The number of para-hydroxylation sites is 2. The molecule has 0 aliphatic rings. The van der Waals surface area contributed by atoms with Crippen molar-refractivity contribution in [3.05, 3.63) is 212 Å². The van der Waals surface area contributed by atoms with Crippen LogP contribution in [-0.4, -0.2) is 15.0 Å². The van der Waals surface area contributed by atoms with Crippen LogP contribution in [-0.2, 0) is 0 Å². The van der Waals surface area contributed by atoms with Crippen molar-refractivity contribution in [1.82, 2.24) is 15.0 Å². The molecule has 0 spiro atoms. The molecule has 0 saturated heterocycles. The summed E-state index contributed by atoms with van der Waals surface area (Å²) in [6.45, 7) is 0. The van der Waals surface area contributed by atoms with Gasteiger partial charge < -0.3 is 8.83 Å². The summed E-state index contributed by atoms with van der Waals surface area (Å²) in [6, 6.07) is 73.5. The van der Waals surface area contributed by atoms with Crippen molar-refractivity contribution in [3.63, 3.8) is 0 Å². The number of benzene rings is 9. The molecule has 5 nitrogen and oxygen atoms in total. The first-order chi connectivity index (χ1) is 30.7. The van der Waals surface area contributed by atoms with Crippen molar-refractivity contribution in [1.29, 1.82) is 0 Å². The first kappa shape index (κ1) is 35.5. The van der Waals surface area contributed by atoms with E-state index in [0.717, 1.165) is 93.9 Å². The molecule has 0 radical (unpaired) electrons. The van der Waals surface area contributed by atoms with Crippen LogP contribution >= 0.6 is 0 Å². The van der Waals surface area contributed by atoms with E-state index in [0.29, 0.717) is 17.5 Å². The lowest BCUT2D eigenvalue weighted by molar-refractivity contribution is 0.668.